The number of carbonyl (C=O) groups excluding carboxylic acids is 1. The van der Waals surface area contributed by atoms with E-state index in [0.29, 0.717) is 5.56 Å². The van der Waals surface area contributed by atoms with E-state index in [0.717, 1.165) is 6.08 Å². The van der Waals surface area contributed by atoms with Gasteiger partial charge < -0.3 is 20.1 Å². The molecule has 4 atom stereocenters. The second-order valence-corrected chi connectivity index (χ2v) is 4.10. The van der Waals surface area contributed by atoms with Crippen LogP contribution in [0.15, 0.2) is 42.5 Å². The molecular weight excluding hydrogens is 236 g/mol. The second-order valence-electron chi connectivity index (χ2n) is 4.10. The zero-order valence-corrected chi connectivity index (χ0v) is 9.51. The molecule has 1 aliphatic rings. The first-order chi connectivity index (χ1) is 8.59. The lowest BCUT2D eigenvalue weighted by Gasteiger charge is -2.30. The molecular formula is C13H14O5. The molecule has 2 rings (SSSR count). The number of esters is 1. The van der Waals surface area contributed by atoms with E-state index in [-0.39, 0.29) is 0 Å². The van der Waals surface area contributed by atoms with E-state index in [9.17, 15) is 20.1 Å². The Morgan fingerprint density at radius 2 is 1.83 bits per heavy atom. The van der Waals surface area contributed by atoms with Gasteiger partial charge in [-0.15, -0.1) is 0 Å². The number of carbonyl (C=O) groups is 1. The lowest BCUT2D eigenvalue weighted by atomic mass is 9.96. The molecule has 0 saturated carbocycles. The molecule has 1 aromatic carbocycles. The Balaban J connectivity index is 2.14. The predicted octanol–water partition coefficient (Wildman–Crippen LogP) is -0.0766. The lowest BCUT2D eigenvalue weighted by Crippen LogP contribution is -2.45. The summed E-state index contributed by atoms with van der Waals surface area (Å²) >= 11 is 0. The molecule has 3 N–H and O–H groups in total. The van der Waals surface area contributed by atoms with Gasteiger partial charge in [-0.25, -0.2) is 4.79 Å². The van der Waals surface area contributed by atoms with Crippen LogP contribution in [0.25, 0.3) is 0 Å². The number of benzene rings is 1. The number of hydrogen-bond donors (Lipinski definition) is 3. The van der Waals surface area contributed by atoms with E-state index in [1.807, 2.05) is 0 Å². The van der Waals surface area contributed by atoms with Crippen molar-refractivity contribution in [1.29, 1.82) is 0 Å². The zero-order valence-electron chi connectivity index (χ0n) is 9.51. The van der Waals surface area contributed by atoms with Crippen LogP contribution in [0.3, 0.4) is 0 Å². The van der Waals surface area contributed by atoms with Gasteiger partial charge >= 0.3 is 5.97 Å². The van der Waals surface area contributed by atoms with Crippen molar-refractivity contribution in [2.75, 3.05) is 0 Å². The smallest absolute Gasteiger partial charge is 0.330 e. The van der Waals surface area contributed by atoms with E-state index >= 15 is 0 Å². The van der Waals surface area contributed by atoms with Gasteiger partial charge in [-0.2, -0.15) is 0 Å². The molecule has 0 aliphatic carbocycles. The lowest BCUT2D eigenvalue weighted by molar-refractivity contribution is -0.166. The van der Waals surface area contributed by atoms with Crippen molar-refractivity contribution in [2.45, 2.75) is 24.4 Å². The minimum atomic E-state index is -1.39. The molecule has 1 aromatic rings. The number of rotatable bonds is 3. The van der Waals surface area contributed by atoms with Crippen molar-refractivity contribution in [3.63, 3.8) is 0 Å². The van der Waals surface area contributed by atoms with Crippen LogP contribution in [-0.2, 0) is 9.53 Å². The maximum Gasteiger partial charge on any atom is 0.330 e. The first-order valence-corrected chi connectivity index (χ1v) is 5.57. The molecule has 5 nitrogen and oxygen atoms in total. The maximum absolute atomic E-state index is 11.1. The molecule has 0 unspecified atom stereocenters. The molecule has 0 aromatic heterocycles. The van der Waals surface area contributed by atoms with Crippen LogP contribution in [0.5, 0.6) is 0 Å². The molecule has 1 heterocycles. The summed E-state index contributed by atoms with van der Waals surface area (Å²) in [6, 6.07) is 8.49. The largest absolute Gasteiger partial charge is 0.453 e. The van der Waals surface area contributed by atoms with Gasteiger partial charge in [-0.1, -0.05) is 30.3 Å². The molecule has 0 radical (unpaired) electrons. The number of aliphatic hydroxyl groups is 3. The van der Waals surface area contributed by atoms with Gasteiger partial charge in [0.05, 0.1) is 0 Å². The minimum absolute atomic E-state index is 0.489. The van der Waals surface area contributed by atoms with Crippen LogP contribution in [0.4, 0.5) is 0 Å². The molecule has 0 saturated heterocycles. The van der Waals surface area contributed by atoms with Crippen molar-refractivity contribution in [2.24, 2.45) is 0 Å². The highest BCUT2D eigenvalue weighted by Crippen LogP contribution is 2.23. The summed E-state index contributed by atoms with van der Waals surface area (Å²) in [4.78, 5) is 11.1. The Labute approximate surface area is 104 Å². The number of cyclic esters (lactones) is 1. The summed E-state index contributed by atoms with van der Waals surface area (Å²) in [7, 11) is 0. The monoisotopic (exact) mass is 250 g/mol. The Morgan fingerprint density at radius 3 is 2.50 bits per heavy atom. The second kappa shape index (κ2) is 5.30. The molecule has 0 bridgehead atoms. The minimum Gasteiger partial charge on any atom is -0.453 e. The standard InChI is InChI=1S/C13H14O5/c14-9-6-7-10(15)18-13(9)12(17)11(16)8-4-2-1-3-5-8/h1-7,9,11-14,16-17H/t9-,11+,12+,13+/m1/s1. The Morgan fingerprint density at radius 1 is 1.17 bits per heavy atom. The van der Waals surface area contributed by atoms with Crippen LogP contribution in [0.2, 0.25) is 0 Å². The highest BCUT2D eigenvalue weighted by atomic mass is 16.6. The summed E-state index contributed by atoms with van der Waals surface area (Å²) in [5.41, 5.74) is 0.489. The van der Waals surface area contributed by atoms with Crippen LogP contribution in [-0.4, -0.2) is 39.6 Å². The SMILES string of the molecule is O=C1C=C[C@@H](O)[C@@H]([C@@H](O)[C@@H](O)c2ccccc2)O1. The van der Waals surface area contributed by atoms with Crippen LogP contribution >= 0.6 is 0 Å². The molecule has 0 spiro atoms. The molecule has 96 valence electrons. The van der Waals surface area contributed by atoms with Gasteiger partial charge in [0, 0.05) is 6.08 Å². The molecule has 18 heavy (non-hydrogen) atoms. The van der Waals surface area contributed by atoms with Crippen LogP contribution in [0.1, 0.15) is 11.7 Å². The Hall–Kier alpha value is -1.69. The molecule has 1 aliphatic heterocycles. The fraction of sp³-hybridized carbons (Fsp3) is 0.308. The van der Waals surface area contributed by atoms with Crippen molar-refractivity contribution in [1.82, 2.24) is 0 Å². The first kappa shape index (κ1) is 12.8. The fourth-order valence-electron chi connectivity index (χ4n) is 1.83. The molecule has 0 fully saturated rings. The Kier molecular flexibility index (Phi) is 3.76. The number of hydrogen-bond acceptors (Lipinski definition) is 5. The van der Waals surface area contributed by atoms with Gasteiger partial charge in [0.15, 0.2) is 6.10 Å². The molecule has 5 heteroatoms. The number of ether oxygens (including phenoxy) is 1. The third-order valence-electron chi connectivity index (χ3n) is 2.82. The average molecular weight is 250 g/mol. The van der Waals surface area contributed by atoms with Gasteiger partial charge in [0.1, 0.15) is 18.3 Å². The van der Waals surface area contributed by atoms with E-state index in [1.165, 1.54) is 6.08 Å². The van der Waals surface area contributed by atoms with Gasteiger partial charge in [0.2, 0.25) is 0 Å². The summed E-state index contributed by atoms with van der Waals surface area (Å²) in [5, 5.41) is 29.5. The average Bonchev–Trinajstić information content (AvgIpc) is 2.41. The topological polar surface area (TPSA) is 87.0 Å². The summed E-state index contributed by atoms with van der Waals surface area (Å²) < 4.78 is 4.82. The summed E-state index contributed by atoms with van der Waals surface area (Å²) in [6.45, 7) is 0. The maximum atomic E-state index is 11.1. The predicted molar refractivity (Wildman–Crippen MR) is 62.4 cm³/mol. The van der Waals surface area contributed by atoms with Gasteiger partial charge in [0.25, 0.3) is 0 Å². The van der Waals surface area contributed by atoms with Crippen molar-refractivity contribution >= 4 is 5.97 Å². The van der Waals surface area contributed by atoms with E-state index in [1.54, 1.807) is 30.3 Å². The van der Waals surface area contributed by atoms with E-state index in [2.05, 4.69) is 0 Å². The highest BCUT2D eigenvalue weighted by molar-refractivity contribution is 5.83. The van der Waals surface area contributed by atoms with E-state index < -0.39 is 30.4 Å². The quantitative estimate of drug-likeness (QED) is 0.653. The third kappa shape index (κ3) is 2.59. The van der Waals surface area contributed by atoms with Crippen LogP contribution in [0, 0.1) is 0 Å². The highest BCUT2D eigenvalue weighted by Gasteiger charge is 2.36. The Bertz CT molecular complexity index is 442. The van der Waals surface area contributed by atoms with Crippen molar-refractivity contribution < 1.29 is 24.9 Å². The van der Waals surface area contributed by atoms with Crippen LogP contribution < -0.4 is 0 Å². The summed E-state index contributed by atoms with van der Waals surface area (Å²) in [5.74, 6) is -0.649. The van der Waals surface area contributed by atoms with Crippen molar-refractivity contribution in [3.8, 4) is 0 Å². The van der Waals surface area contributed by atoms with Gasteiger partial charge in [-0.05, 0) is 11.6 Å². The first-order valence-electron chi connectivity index (χ1n) is 5.57. The summed E-state index contributed by atoms with van der Waals surface area (Å²) in [6.07, 6.45) is -2.60. The van der Waals surface area contributed by atoms with E-state index in [4.69, 9.17) is 4.74 Å². The molecule has 0 amide bonds. The zero-order chi connectivity index (χ0) is 13.1. The number of aliphatic hydroxyl groups excluding tert-OH is 3. The van der Waals surface area contributed by atoms with Crippen molar-refractivity contribution in [3.05, 3.63) is 48.0 Å². The third-order valence-corrected chi connectivity index (χ3v) is 2.82. The fourth-order valence-corrected chi connectivity index (χ4v) is 1.83. The normalized spacial score (nSPS) is 26.5. The van der Waals surface area contributed by atoms with Gasteiger partial charge in [-0.3, -0.25) is 0 Å².